The Bertz CT molecular complexity index is 426. The SMILES string of the molecule is CC1(NC(=O)Cc2cccc(N)c2)CCOCC1. The van der Waals surface area contributed by atoms with Crippen LogP contribution in [0.25, 0.3) is 0 Å². The molecule has 1 saturated heterocycles. The minimum Gasteiger partial charge on any atom is -0.399 e. The van der Waals surface area contributed by atoms with Crippen molar-refractivity contribution in [2.24, 2.45) is 0 Å². The second-order valence-corrected chi connectivity index (χ2v) is 5.14. The zero-order valence-electron chi connectivity index (χ0n) is 10.7. The Balaban J connectivity index is 1.92. The summed E-state index contributed by atoms with van der Waals surface area (Å²) in [6.45, 7) is 3.51. The Morgan fingerprint density at radius 2 is 2.17 bits per heavy atom. The van der Waals surface area contributed by atoms with Crippen LogP contribution in [0.3, 0.4) is 0 Å². The van der Waals surface area contributed by atoms with Crippen LogP contribution in [0.4, 0.5) is 5.69 Å². The largest absolute Gasteiger partial charge is 0.399 e. The van der Waals surface area contributed by atoms with Gasteiger partial charge in [-0.3, -0.25) is 4.79 Å². The molecule has 0 saturated carbocycles. The van der Waals surface area contributed by atoms with Gasteiger partial charge < -0.3 is 15.8 Å². The third-order valence-corrected chi connectivity index (χ3v) is 3.35. The van der Waals surface area contributed by atoms with Gasteiger partial charge in [-0.1, -0.05) is 12.1 Å². The second kappa shape index (κ2) is 5.40. The molecule has 1 aromatic carbocycles. The fourth-order valence-electron chi connectivity index (χ4n) is 2.22. The zero-order valence-corrected chi connectivity index (χ0v) is 10.7. The number of carbonyl (C=O) groups excluding carboxylic acids is 1. The number of hydrogen-bond acceptors (Lipinski definition) is 3. The van der Waals surface area contributed by atoms with E-state index in [1.807, 2.05) is 24.3 Å². The van der Waals surface area contributed by atoms with Crippen LogP contribution in [0.5, 0.6) is 0 Å². The maximum absolute atomic E-state index is 12.0. The van der Waals surface area contributed by atoms with Crippen molar-refractivity contribution in [3.63, 3.8) is 0 Å². The van der Waals surface area contributed by atoms with Crippen LogP contribution in [-0.2, 0) is 16.0 Å². The molecule has 1 aliphatic rings. The summed E-state index contributed by atoms with van der Waals surface area (Å²) in [6, 6.07) is 7.45. The standard InChI is InChI=1S/C14H20N2O2/c1-14(5-7-18-8-6-14)16-13(17)10-11-3-2-4-12(15)9-11/h2-4,9H,5-8,10,15H2,1H3,(H,16,17). The Kier molecular flexibility index (Phi) is 3.87. The van der Waals surface area contributed by atoms with E-state index in [0.29, 0.717) is 12.1 Å². The van der Waals surface area contributed by atoms with Crippen LogP contribution in [0.15, 0.2) is 24.3 Å². The smallest absolute Gasteiger partial charge is 0.224 e. The van der Waals surface area contributed by atoms with Gasteiger partial charge >= 0.3 is 0 Å². The molecule has 1 aromatic rings. The number of rotatable bonds is 3. The van der Waals surface area contributed by atoms with Gasteiger partial charge in [0.2, 0.25) is 5.91 Å². The molecule has 0 unspecified atom stereocenters. The number of nitrogens with one attached hydrogen (secondary N) is 1. The number of nitrogens with two attached hydrogens (primary N) is 1. The molecule has 0 aliphatic carbocycles. The van der Waals surface area contributed by atoms with E-state index in [-0.39, 0.29) is 11.4 Å². The maximum Gasteiger partial charge on any atom is 0.224 e. The van der Waals surface area contributed by atoms with E-state index < -0.39 is 0 Å². The summed E-state index contributed by atoms with van der Waals surface area (Å²) in [7, 11) is 0. The number of benzene rings is 1. The van der Waals surface area contributed by atoms with Gasteiger partial charge in [-0.15, -0.1) is 0 Å². The first-order chi connectivity index (χ1) is 8.57. The average Bonchev–Trinajstić information content (AvgIpc) is 2.28. The topological polar surface area (TPSA) is 64.4 Å². The van der Waals surface area contributed by atoms with Crippen LogP contribution < -0.4 is 11.1 Å². The van der Waals surface area contributed by atoms with Crippen molar-refractivity contribution in [3.8, 4) is 0 Å². The molecule has 0 atom stereocenters. The Hall–Kier alpha value is -1.55. The van der Waals surface area contributed by atoms with Crippen LogP contribution in [0.1, 0.15) is 25.3 Å². The molecule has 3 N–H and O–H groups in total. The number of nitrogen functional groups attached to an aromatic ring is 1. The van der Waals surface area contributed by atoms with Crippen molar-refractivity contribution in [1.82, 2.24) is 5.32 Å². The molecule has 0 radical (unpaired) electrons. The highest BCUT2D eigenvalue weighted by Crippen LogP contribution is 2.20. The first-order valence-electron chi connectivity index (χ1n) is 6.31. The van der Waals surface area contributed by atoms with Crippen LogP contribution in [0, 0.1) is 0 Å². The fraction of sp³-hybridized carbons (Fsp3) is 0.500. The quantitative estimate of drug-likeness (QED) is 0.797. The highest BCUT2D eigenvalue weighted by atomic mass is 16.5. The van der Waals surface area contributed by atoms with E-state index in [2.05, 4.69) is 12.2 Å². The van der Waals surface area contributed by atoms with E-state index in [4.69, 9.17) is 10.5 Å². The second-order valence-electron chi connectivity index (χ2n) is 5.14. The van der Waals surface area contributed by atoms with E-state index in [0.717, 1.165) is 31.6 Å². The molecule has 1 fully saturated rings. The highest BCUT2D eigenvalue weighted by molar-refractivity contribution is 5.79. The minimum absolute atomic E-state index is 0.0463. The number of amides is 1. The van der Waals surface area contributed by atoms with Crippen LogP contribution >= 0.6 is 0 Å². The van der Waals surface area contributed by atoms with Gasteiger partial charge in [0.15, 0.2) is 0 Å². The van der Waals surface area contributed by atoms with Gasteiger partial charge in [0.25, 0.3) is 0 Å². The molecule has 0 spiro atoms. The highest BCUT2D eigenvalue weighted by Gasteiger charge is 2.28. The molecule has 4 heteroatoms. The average molecular weight is 248 g/mol. The van der Waals surface area contributed by atoms with E-state index in [1.54, 1.807) is 0 Å². The predicted molar refractivity (Wildman–Crippen MR) is 71.2 cm³/mol. The lowest BCUT2D eigenvalue weighted by molar-refractivity contribution is -0.123. The Labute approximate surface area is 108 Å². The van der Waals surface area contributed by atoms with Crippen molar-refractivity contribution in [3.05, 3.63) is 29.8 Å². The maximum atomic E-state index is 12.0. The summed E-state index contributed by atoms with van der Waals surface area (Å²) in [5.74, 6) is 0.0463. The Morgan fingerprint density at radius 1 is 1.44 bits per heavy atom. The summed E-state index contributed by atoms with van der Waals surface area (Å²) < 4.78 is 5.31. The van der Waals surface area contributed by atoms with Crippen molar-refractivity contribution in [2.45, 2.75) is 31.7 Å². The van der Waals surface area contributed by atoms with Crippen LogP contribution in [-0.4, -0.2) is 24.7 Å². The number of ether oxygens (including phenoxy) is 1. The van der Waals surface area contributed by atoms with Gasteiger partial charge in [0, 0.05) is 24.4 Å². The van der Waals surface area contributed by atoms with Gasteiger partial charge in [0.05, 0.1) is 6.42 Å². The number of hydrogen-bond donors (Lipinski definition) is 2. The van der Waals surface area contributed by atoms with Crippen molar-refractivity contribution >= 4 is 11.6 Å². The molecule has 1 aliphatic heterocycles. The summed E-state index contributed by atoms with van der Waals surface area (Å²) in [4.78, 5) is 12.0. The third kappa shape index (κ3) is 3.47. The molecular weight excluding hydrogens is 228 g/mol. The minimum atomic E-state index is -0.129. The van der Waals surface area contributed by atoms with Gasteiger partial charge in [-0.2, -0.15) is 0 Å². The molecule has 1 amide bonds. The van der Waals surface area contributed by atoms with E-state index in [1.165, 1.54) is 0 Å². The first-order valence-corrected chi connectivity index (χ1v) is 6.31. The monoisotopic (exact) mass is 248 g/mol. The van der Waals surface area contributed by atoms with E-state index in [9.17, 15) is 4.79 Å². The van der Waals surface area contributed by atoms with Gasteiger partial charge in [0.1, 0.15) is 0 Å². The summed E-state index contributed by atoms with van der Waals surface area (Å²) in [6.07, 6.45) is 2.12. The lowest BCUT2D eigenvalue weighted by Gasteiger charge is -2.34. The zero-order chi connectivity index (χ0) is 13.0. The lowest BCUT2D eigenvalue weighted by Crippen LogP contribution is -2.50. The number of carbonyl (C=O) groups is 1. The van der Waals surface area contributed by atoms with Crippen molar-refractivity contribution in [2.75, 3.05) is 18.9 Å². The molecule has 2 rings (SSSR count). The molecule has 0 bridgehead atoms. The molecule has 18 heavy (non-hydrogen) atoms. The normalized spacial score (nSPS) is 18.3. The van der Waals surface area contributed by atoms with Crippen LogP contribution in [0.2, 0.25) is 0 Å². The Morgan fingerprint density at radius 3 is 2.83 bits per heavy atom. The summed E-state index contributed by atoms with van der Waals surface area (Å²) >= 11 is 0. The summed E-state index contributed by atoms with van der Waals surface area (Å²) in [5.41, 5.74) is 7.21. The van der Waals surface area contributed by atoms with Gasteiger partial charge in [-0.25, -0.2) is 0 Å². The number of anilines is 1. The van der Waals surface area contributed by atoms with Gasteiger partial charge in [-0.05, 0) is 37.5 Å². The first kappa shape index (κ1) is 12.9. The van der Waals surface area contributed by atoms with Crippen molar-refractivity contribution in [1.29, 1.82) is 0 Å². The van der Waals surface area contributed by atoms with Crippen molar-refractivity contribution < 1.29 is 9.53 Å². The third-order valence-electron chi connectivity index (χ3n) is 3.35. The molecule has 98 valence electrons. The molecular formula is C14H20N2O2. The molecule has 0 aromatic heterocycles. The predicted octanol–water partition coefficient (Wildman–Crippen LogP) is 1.50. The molecule has 4 nitrogen and oxygen atoms in total. The fourth-order valence-corrected chi connectivity index (χ4v) is 2.22. The lowest BCUT2D eigenvalue weighted by atomic mass is 9.92. The summed E-state index contributed by atoms with van der Waals surface area (Å²) in [5, 5.41) is 3.10. The molecule has 1 heterocycles. The van der Waals surface area contributed by atoms with E-state index >= 15 is 0 Å².